The molecule has 1 fully saturated rings. The molecule has 1 aliphatic rings. The molecule has 5 heteroatoms. The van der Waals surface area contributed by atoms with Crippen LogP contribution in [0.25, 0.3) is 22.2 Å². The van der Waals surface area contributed by atoms with Crippen molar-refractivity contribution in [1.82, 2.24) is 9.88 Å². The summed E-state index contributed by atoms with van der Waals surface area (Å²) >= 11 is 6.14. The van der Waals surface area contributed by atoms with E-state index in [1.165, 1.54) is 28.5 Å². The number of ether oxygens (including phenoxy) is 1. The van der Waals surface area contributed by atoms with Gasteiger partial charge in [-0.3, -0.25) is 4.90 Å². The van der Waals surface area contributed by atoms with Crippen molar-refractivity contribution in [2.75, 3.05) is 19.7 Å². The van der Waals surface area contributed by atoms with Gasteiger partial charge in [0, 0.05) is 35.7 Å². The lowest BCUT2D eigenvalue weighted by atomic mass is 9.97. The second kappa shape index (κ2) is 11.0. The highest BCUT2D eigenvalue weighted by Crippen LogP contribution is 2.38. The molecule has 0 spiro atoms. The molecule has 0 radical (unpaired) electrons. The third-order valence-corrected chi connectivity index (χ3v) is 6.81. The predicted octanol–water partition coefficient (Wildman–Crippen LogP) is 6.83. The standard InChI is InChI=1S/C28H35ClN2O2/c1-4-5-13-31-18-26(33-27(31)8-6-7-14-32)23-17-25(21-9-11-22(29)12-10-21)30-28-20(3)15-19(2)16-24(23)28/h9-12,15-17,26-27,32H,4-8,13-14,18H2,1-3H3. The molecule has 1 saturated heterocycles. The van der Waals surface area contributed by atoms with Crippen LogP contribution in [0.1, 0.15) is 61.8 Å². The van der Waals surface area contributed by atoms with Gasteiger partial charge in [-0.15, -0.1) is 0 Å². The van der Waals surface area contributed by atoms with Crippen LogP contribution in [0.15, 0.2) is 42.5 Å². The van der Waals surface area contributed by atoms with Crippen molar-refractivity contribution in [3.63, 3.8) is 0 Å². The SMILES string of the molecule is CCCCN1CC(c2cc(-c3ccc(Cl)cc3)nc3c(C)cc(C)cc23)OC1CCCCO. The van der Waals surface area contributed by atoms with E-state index in [1.54, 1.807) is 0 Å². The first-order chi connectivity index (χ1) is 16.0. The molecule has 3 aromatic rings. The van der Waals surface area contributed by atoms with E-state index >= 15 is 0 Å². The Hall–Kier alpha value is -1.98. The number of benzene rings is 2. The fraction of sp³-hybridized carbons (Fsp3) is 0.464. The number of hydrogen-bond donors (Lipinski definition) is 1. The van der Waals surface area contributed by atoms with Crippen molar-refractivity contribution in [3.8, 4) is 11.3 Å². The number of aryl methyl sites for hydroxylation is 2. The highest BCUT2D eigenvalue weighted by atomic mass is 35.5. The molecular formula is C28H35ClN2O2. The number of aliphatic hydroxyl groups excluding tert-OH is 1. The molecule has 2 unspecified atom stereocenters. The highest BCUT2D eigenvalue weighted by Gasteiger charge is 2.34. The average Bonchev–Trinajstić information content (AvgIpc) is 3.20. The van der Waals surface area contributed by atoms with Crippen molar-refractivity contribution in [2.45, 2.75) is 65.2 Å². The Morgan fingerprint density at radius 1 is 1.09 bits per heavy atom. The zero-order valence-corrected chi connectivity index (χ0v) is 20.7. The number of fused-ring (bicyclic) bond motifs is 1. The van der Waals surface area contributed by atoms with Crippen molar-refractivity contribution >= 4 is 22.5 Å². The first-order valence-corrected chi connectivity index (χ1v) is 12.6. The van der Waals surface area contributed by atoms with Crippen LogP contribution in [0, 0.1) is 13.8 Å². The number of rotatable bonds is 9. The van der Waals surface area contributed by atoms with Gasteiger partial charge in [0.15, 0.2) is 0 Å². The predicted molar refractivity (Wildman–Crippen MR) is 137 cm³/mol. The molecule has 2 atom stereocenters. The molecule has 2 aromatic carbocycles. The highest BCUT2D eigenvalue weighted by molar-refractivity contribution is 6.30. The Labute approximate surface area is 202 Å². The topological polar surface area (TPSA) is 45.6 Å². The summed E-state index contributed by atoms with van der Waals surface area (Å²) in [5.41, 5.74) is 6.68. The van der Waals surface area contributed by atoms with E-state index in [-0.39, 0.29) is 18.9 Å². The smallest absolute Gasteiger partial charge is 0.111 e. The maximum atomic E-state index is 9.23. The molecule has 33 heavy (non-hydrogen) atoms. The number of hydrogen-bond acceptors (Lipinski definition) is 4. The summed E-state index contributed by atoms with van der Waals surface area (Å²) in [6.45, 7) is 8.68. The van der Waals surface area contributed by atoms with E-state index in [1.807, 2.05) is 24.3 Å². The fourth-order valence-electron chi connectivity index (χ4n) is 4.84. The van der Waals surface area contributed by atoms with Crippen LogP contribution in [-0.2, 0) is 4.74 Å². The summed E-state index contributed by atoms with van der Waals surface area (Å²) in [5.74, 6) is 0. The number of aromatic nitrogens is 1. The van der Waals surface area contributed by atoms with Gasteiger partial charge in [-0.1, -0.05) is 48.7 Å². The minimum Gasteiger partial charge on any atom is -0.396 e. The van der Waals surface area contributed by atoms with E-state index in [9.17, 15) is 5.11 Å². The first kappa shape index (κ1) is 24.2. The van der Waals surface area contributed by atoms with Gasteiger partial charge < -0.3 is 9.84 Å². The molecule has 4 rings (SSSR count). The Morgan fingerprint density at radius 3 is 2.61 bits per heavy atom. The van der Waals surface area contributed by atoms with Gasteiger partial charge >= 0.3 is 0 Å². The first-order valence-electron chi connectivity index (χ1n) is 12.2. The molecule has 1 N–H and O–H groups in total. The zero-order valence-electron chi connectivity index (χ0n) is 20.0. The van der Waals surface area contributed by atoms with Gasteiger partial charge in [0.2, 0.25) is 0 Å². The third kappa shape index (κ3) is 5.58. The summed E-state index contributed by atoms with van der Waals surface area (Å²) in [6, 6.07) is 14.6. The van der Waals surface area contributed by atoms with Crippen molar-refractivity contribution < 1.29 is 9.84 Å². The van der Waals surface area contributed by atoms with Crippen LogP contribution in [0.2, 0.25) is 5.02 Å². The summed E-state index contributed by atoms with van der Waals surface area (Å²) in [6.07, 6.45) is 5.18. The molecule has 0 amide bonds. The zero-order chi connectivity index (χ0) is 23.4. The van der Waals surface area contributed by atoms with Crippen LogP contribution in [0.5, 0.6) is 0 Å². The number of pyridine rings is 1. The minimum absolute atomic E-state index is 0.00117. The third-order valence-electron chi connectivity index (χ3n) is 6.55. The molecule has 176 valence electrons. The van der Waals surface area contributed by atoms with E-state index in [2.05, 4.69) is 43.9 Å². The van der Waals surface area contributed by atoms with E-state index in [4.69, 9.17) is 21.3 Å². The number of nitrogens with zero attached hydrogens (tertiary/aromatic N) is 2. The van der Waals surface area contributed by atoms with Crippen molar-refractivity contribution in [3.05, 3.63) is 64.2 Å². The van der Waals surface area contributed by atoms with Crippen LogP contribution in [0.3, 0.4) is 0 Å². The number of aliphatic hydroxyl groups is 1. The number of unbranched alkanes of at least 4 members (excludes halogenated alkanes) is 2. The Balaban J connectivity index is 1.75. The largest absolute Gasteiger partial charge is 0.396 e. The second-order valence-electron chi connectivity index (χ2n) is 9.23. The maximum Gasteiger partial charge on any atom is 0.111 e. The Bertz CT molecular complexity index is 1080. The summed E-state index contributed by atoms with van der Waals surface area (Å²) < 4.78 is 6.70. The summed E-state index contributed by atoms with van der Waals surface area (Å²) in [5, 5.41) is 11.1. The van der Waals surface area contributed by atoms with Crippen LogP contribution < -0.4 is 0 Å². The molecule has 0 saturated carbocycles. The monoisotopic (exact) mass is 466 g/mol. The molecule has 1 aromatic heterocycles. The van der Waals surface area contributed by atoms with Crippen LogP contribution >= 0.6 is 11.6 Å². The van der Waals surface area contributed by atoms with Crippen LogP contribution in [0.4, 0.5) is 0 Å². The van der Waals surface area contributed by atoms with Gasteiger partial charge in [0.05, 0.1) is 17.3 Å². The van der Waals surface area contributed by atoms with Gasteiger partial charge in [0.25, 0.3) is 0 Å². The van der Waals surface area contributed by atoms with Gasteiger partial charge in [0.1, 0.15) is 6.23 Å². The molecule has 0 bridgehead atoms. The van der Waals surface area contributed by atoms with E-state index < -0.39 is 0 Å². The molecule has 4 nitrogen and oxygen atoms in total. The van der Waals surface area contributed by atoms with Gasteiger partial charge in [-0.25, -0.2) is 4.98 Å². The van der Waals surface area contributed by atoms with Crippen molar-refractivity contribution in [1.29, 1.82) is 0 Å². The molecule has 2 heterocycles. The van der Waals surface area contributed by atoms with Gasteiger partial charge in [-0.2, -0.15) is 0 Å². The summed E-state index contributed by atoms with van der Waals surface area (Å²) in [7, 11) is 0. The van der Waals surface area contributed by atoms with Gasteiger partial charge in [-0.05, 0) is 74.9 Å². The quantitative estimate of drug-likeness (QED) is 0.351. The summed E-state index contributed by atoms with van der Waals surface area (Å²) in [4.78, 5) is 7.54. The molecular weight excluding hydrogens is 432 g/mol. The molecule has 0 aliphatic carbocycles. The Morgan fingerprint density at radius 2 is 1.88 bits per heavy atom. The molecule has 1 aliphatic heterocycles. The second-order valence-corrected chi connectivity index (χ2v) is 9.67. The Kier molecular flexibility index (Phi) is 8.02. The lowest BCUT2D eigenvalue weighted by molar-refractivity contribution is -0.00782. The van der Waals surface area contributed by atoms with Crippen molar-refractivity contribution in [2.24, 2.45) is 0 Å². The average molecular weight is 467 g/mol. The normalized spacial score (nSPS) is 18.9. The lowest BCUT2D eigenvalue weighted by Gasteiger charge is -2.22. The van der Waals surface area contributed by atoms with E-state index in [0.717, 1.165) is 60.6 Å². The lowest BCUT2D eigenvalue weighted by Crippen LogP contribution is -2.31. The van der Waals surface area contributed by atoms with E-state index in [0.29, 0.717) is 0 Å². The minimum atomic E-state index is -0.00117. The maximum absolute atomic E-state index is 9.23. The van der Waals surface area contributed by atoms with Crippen LogP contribution in [-0.4, -0.2) is 40.9 Å². The fourth-order valence-corrected chi connectivity index (χ4v) is 4.97. The number of halogens is 1.